The van der Waals surface area contributed by atoms with Crippen LogP contribution in [-0.2, 0) is 34.2 Å². The van der Waals surface area contributed by atoms with E-state index in [9.17, 15) is 27.6 Å². The topological polar surface area (TPSA) is 205 Å². The first kappa shape index (κ1) is 22.8. The summed E-state index contributed by atoms with van der Waals surface area (Å²) >= 11 is 0. The number of carboxylic acid groups (broad SMARTS) is 1. The number of ether oxygens (including phenoxy) is 1. The summed E-state index contributed by atoms with van der Waals surface area (Å²) in [5.41, 5.74) is 3.26. The van der Waals surface area contributed by atoms with Gasteiger partial charge in [-0.05, 0) is 20.3 Å². The van der Waals surface area contributed by atoms with Crippen molar-refractivity contribution in [3.05, 3.63) is 0 Å². The Balaban J connectivity index is 2.70. The third-order valence-electron chi connectivity index (χ3n) is 4.11. The molecule has 1 aliphatic rings. The zero-order valence-electron chi connectivity index (χ0n) is 14.8. The first-order valence-electron chi connectivity index (χ1n) is 7.74. The summed E-state index contributed by atoms with van der Waals surface area (Å²) in [6.07, 6.45) is -0.386. The molecule has 0 aromatic rings. The fraction of sp³-hybridized carbons (Fsp3) is 0.692. The largest absolute Gasteiger partial charge is 0.480 e. The quantitative estimate of drug-likeness (QED) is 0.150. The zero-order chi connectivity index (χ0) is 21.2. The van der Waals surface area contributed by atoms with Gasteiger partial charge in [0.2, 0.25) is 17.5 Å². The number of nitrogens with two attached hydrogens (primary N) is 1. The molecular weight excluding hydrogens is 388 g/mol. The average molecular weight is 410 g/mol. The van der Waals surface area contributed by atoms with Gasteiger partial charge in [-0.2, -0.15) is 8.42 Å². The molecule has 0 aromatic carbocycles. The number of nitrogens with zero attached hydrogens (tertiary/aromatic N) is 1. The summed E-state index contributed by atoms with van der Waals surface area (Å²) in [6, 6.07) is -3.60. The third-order valence-corrected chi connectivity index (χ3v) is 5.09. The molecule has 154 valence electrons. The molecule has 1 heterocycles. The highest BCUT2D eigenvalue weighted by atomic mass is 32.2. The number of aliphatic carboxylic acids is 1. The van der Waals surface area contributed by atoms with Crippen LogP contribution in [0.5, 0.6) is 0 Å². The van der Waals surface area contributed by atoms with E-state index in [-0.39, 0.29) is 17.1 Å². The molecule has 3 amide bonds. The maximum Gasteiger partial charge on any atom is 0.362 e. The van der Waals surface area contributed by atoms with Gasteiger partial charge in [-0.25, -0.2) is 4.31 Å². The van der Waals surface area contributed by atoms with Crippen molar-refractivity contribution < 1.29 is 42.0 Å². The molecule has 0 bridgehead atoms. The van der Waals surface area contributed by atoms with E-state index in [2.05, 4.69) is 10.6 Å². The van der Waals surface area contributed by atoms with Gasteiger partial charge in [0.25, 0.3) is 5.91 Å². The Hall–Kier alpha value is -2.29. The van der Waals surface area contributed by atoms with E-state index in [1.807, 2.05) is 0 Å². The van der Waals surface area contributed by atoms with Crippen LogP contribution in [0.3, 0.4) is 0 Å². The number of methoxy groups -OCH3 is 1. The van der Waals surface area contributed by atoms with Gasteiger partial charge >= 0.3 is 16.3 Å². The minimum absolute atomic E-state index is 0.143. The van der Waals surface area contributed by atoms with E-state index in [0.29, 0.717) is 0 Å². The van der Waals surface area contributed by atoms with Crippen LogP contribution in [0.25, 0.3) is 0 Å². The lowest BCUT2D eigenvalue weighted by molar-refractivity contribution is -0.193. The molecule has 0 aromatic heterocycles. The van der Waals surface area contributed by atoms with Crippen molar-refractivity contribution in [2.75, 3.05) is 7.11 Å². The molecule has 1 saturated heterocycles. The molecule has 13 nitrogen and oxygen atoms in total. The van der Waals surface area contributed by atoms with Crippen molar-refractivity contribution >= 4 is 34.0 Å². The number of carboxylic acids is 1. The molecule has 0 spiro atoms. The highest BCUT2D eigenvalue weighted by Gasteiger charge is 2.65. The zero-order valence-corrected chi connectivity index (χ0v) is 15.6. The Bertz CT molecular complexity index is 740. The van der Waals surface area contributed by atoms with Crippen LogP contribution >= 0.6 is 0 Å². The second kappa shape index (κ2) is 8.16. The summed E-state index contributed by atoms with van der Waals surface area (Å²) < 4.78 is 36.4. The molecule has 1 fully saturated rings. The van der Waals surface area contributed by atoms with Crippen molar-refractivity contribution in [3.63, 3.8) is 0 Å². The van der Waals surface area contributed by atoms with Gasteiger partial charge in [-0.15, -0.1) is 0 Å². The van der Waals surface area contributed by atoms with E-state index in [1.54, 1.807) is 0 Å². The fourth-order valence-corrected chi connectivity index (χ4v) is 3.36. The number of hydrogen-bond acceptors (Lipinski definition) is 8. The highest BCUT2D eigenvalue weighted by molar-refractivity contribution is 7.84. The summed E-state index contributed by atoms with van der Waals surface area (Å²) in [4.78, 5) is 46.7. The smallest absolute Gasteiger partial charge is 0.362 e. The van der Waals surface area contributed by atoms with Gasteiger partial charge in [0.1, 0.15) is 18.1 Å². The average Bonchev–Trinajstić information content (AvgIpc) is 2.55. The Labute approximate surface area is 155 Å². The van der Waals surface area contributed by atoms with Gasteiger partial charge < -0.3 is 26.2 Å². The van der Waals surface area contributed by atoms with Crippen LogP contribution < -0.4 is 16.4 Å². The van der Waals surface area contributed by atoms with Crippen molar-refractivity contribution in [2.24, 2.45) is 5.73 Å². The summed E-state index contributed by atoms with van der Waals surface area (Å²) in [7, 11) is -3.76. The van der Waals surface area contributed by atoms with Crippen LogP contribution in [0, 0.1) is 0 Å². The van der Waals surface area contributed by atoms with Gasteiger partial charge in [0.05, 0.1) is 0 Å². The van der Waals surface area contributed by atoms with E-state index in [0.717, 1.165) is 7.11 Å². The molecule has 27 heavy (non-hydrogen) atoms. The van der Waals surface area contributed by atoms with E-state index >= 15 is 0 Å². The van der Waals surface area contributed by atoms with Gasteiger partial charge in [-0.3, -0.25) is 23.7 Å². The second-order valence-electron chi connectivity index (χ2n) is 5.96. The second-order valence-corrected chi connectivity index (χ2v) is 7.25. The van der Waals surface area contributed by atoms with Crippen LogP contribution in [0.4, 0.5) is 0 Å². The first-order chi connectivity index (χ1) is 12.3. The number of amides is 3. The molecule has 1 rings (SSSR count). The number of hydrogen-bond donors (Lipinski definition) is 5. The third kappa shape index (κ3) is 4.71. The minimum atomic E-state index is -4.82. The van der Waals surface area contributed by atoms with E-state index < -0.39 is 57.8 Å². The van der Waals surface area contributed by atoms with Crippen molar-refractivity contribution in [3.8, 4) is 0 Å². The Morgan fingerprint density at radius 2 is 1.96 bits per heavy atom. The molecule has 14 heteroatoms. The first-order valence-corrected chi connectivity index (χ1v) is 9.13. The summed E-state index contributed by atoms with van der Waals surface area (Å²) in [5.74, 6) is -3.97. The molecule has 0 saturated carbocycles. The molecule has 1 aliphatic heterocycles. The van der Waals surface area contributed by atoms with Crippen LogP contribution in [-0.4, -0.2) is 77.0 Å². The van der Waals surface area contributed by atoms with E-state index in [1.165, 1.54) is 13.8 Å². The maximum atomic E-state index is 12.2. The van der Waals surface area contributed by atoms with Gasteiger partial charge in [0.15, 0.2) is 0 Å². The normalized spacial score (nSPS) is 24.6. The standard InChI is InChI=1S/C13H22N4O9S/c1-6(15-9(18)5-4-8(14)11(20)21)10(19)16-13(26-3)7(2)17(12(13)22)27(23,24)25/h6-8H,4-5,14H2,1-3H3,(H,15,18)(H,16,19)(H,20,21)(H,23,24,25)/t6?,7?,8?,13-/m1/s1. The summed E-state index contributed by atoms with van der Waals surface area (Å²) in [5, 5.41) is 13.2. The van der Waals surface area contributed by atoms with Gasteiger partial charge in [-0.1, -0.05) is 0 Å². The molecule has 0 radical (unpaired) electrons. The fourth-order valence-electron chi connectivity index (χ4n) is 2.47. The molecule has 0 aliphatic carbocycles. The Kier molecular flexibility index (Phi) is 6.88. The lowest BCUT2D eigenvalue weighted by Crippen LogP contribution is -2.81. The van der Waals surface area contributed by atoms with Crippen molar-refractivity contribution in [2.45, 2.75) is 50.5 Å². The monoisotopic (exact) mass is 410 g/mol. The number of carbonyl (C=O) groups excluding carboxylic acids is 3. The Morgan fingerprint density at radius 1 is 1.41 bits per heavy atom. The number of β-lactam (4-membered cyclic amide) rings is 1. The van der Waals surface area contributed by atoms with Crippen molar-refractivity contribution in [1.82, 2.24) is 14.9 Å². The highest BCUT2D eigenvalue weighted by Crippen LogP contribution is 2.33. The molecule has 4 atom stereocenters. The molecule has 6 N–H and O–H groups in total. The number of rotatable bonds is 9. The van der Waals surface area contributed by atoms with Crippen LogP contribution in [0.15, 0.2) is 0 Å². The van der Waals surface area contributed by atoms with Gasteiger partial charge in [0, 0.05) is 13.5 Å². The SMILES string of the molecule is CO[C@@]1(NC(=O)C(C)NC(=O)CCC(N)C(=O)O)C(=O)N(S(=O)(=O)O)C1C. The summed E-state index contributed by atoms with van der Waals surface area (Å²) in [6.45, 7) is 2.53. The lowest BCUT2D eigenvalue weighted by atomic mass is 9.94. The molecular formula is C13H22N4O9S. The molecule has 3 unspecified atom stereocenters. The maximum absolute atomic E-state index is 12.2. The predicted molar refractivity (Wildman–Crippen MR) is 88.2 cm³/mol. The predicted octanol–water partition coefficient (Wildman–Crippen LogP) is -2.82. The number of carbonyl (C=O) groups is 4. The van der Waals surface area contributed by atoms with Crippen LogP contribution in [0.2, 0.25) is 0 Å². The van der Waals surface area contributed by atoms with Crippen LogP contribution in [0.1, 0.15) is 26.7 Å². The number of nitrogens with one attached hydrogen (secondary N) is 2. The lowest BCUT2D eigenvalue weighted by Gasteiger charge is -2.50. The minimum Gasteiger partial charge on any atom is -0.480 e. The van der Waals surface area contributed by atoms with Crippen molar-refractivity contribution in [1.29, 1.82) is 0 Å². The Morgan fingerprint density at radius 3 is 2.37 bits per heavy atom. The van der Waals surface area contributed by atoms with E-state index in [4.69, 9.17) is 20.1 Å².